The molecule has 1 aromatic rings. The third-order valence-corrected chi connectivity index (χ3v) is 5.97. The number of alkyl halides is 3. The van der Waals surface area contributed by atoms with Gasteiger partial charge in [0.25, 0.3) is 0 Å². The molecule has 6 nitrogen and oxygen atoms in total. The number of piperazine rings is 1. The smallest absolute Gasteiger partial charge is 0.336 e. The van der Waals surface area contributed by atoms with E-state index in [0.717, 1.165) is 7.05 Å². The average molecular weight is 393 g/mol. The van der Waals surface area contributed by atoms with Crippen LogP contribution in [0.1, 0.15) is 5.56 Å². The van der Waals surface area contributed by atoms with Crippen molar-refractivity contribution in [2.24, 2.45) is 0 Å². The van der Waals surface area contributed by atoms with Crippen molar-refractivity contribution in [1.82, 2.24) is 14.1 Å². The first-order chi connectivity index (χ1) is 12.1. The van der Waals surface area contributed by atoms with Crippen molar-refractivity contribution >= 4 is 15.9 Å². The maximum atomic E-state index is 12.5. The molecule has 1 fully saturated rings. The summed E-state index contributed by atoms with van der Waals surface area (Å²) >= 11 is 0. The first-order valence-electron chi connectivity index (χ1n) is 8.12. The highest BCUT2D eigenvalue weighted by Gasteiger charge is 2.32. The molecule has 1 saturated heterocycles. The van der Waals surface area contributed by atoms with E-state index in [0.29, 0.717) is 23.6 Å². The second-order valence-electron chi connectivity index (χ2n) is 6.28. The number of hydrogen-bond donors (Lipinski definition) is 0. The molecule has 1 aromatic carbocycles. The molecule has 0 N–H and O–H groups in total. The SMILES string of the molecule is CN(CC(F)(F)F)C(=O)CN1CCN(S(=O)(=O)Cc2ccccc2)CC1. The third-order valence-electron chi connectivity index (χ3n) is 4.12. The molecule has 1 heterocycles. The molecule has 0 bridgehead atoms. The summed E-state index contributed by atoms with van der Waals surface area (Å²) in [4.78, 5) is 14.2. The van der Waals surface area contributed by atoms with Gasteiger partial charge in [0.1, 0.15) is 6.54 Å². The second-order valence-corrected chi connectivity index (χ2v) is 8.25. The molecule has 0 saturated carbocycles. The predicted molar refractivity (Wildman–Crippen MR) is 90.8 cm³/mol. The van der Waals surface area contributed by atoms with Gasteiger partial charge in [0.2, 0.25) is 15.9 Å². The van der Waals surface area contributed by atoms with Crippen LogP contribution in [0, 0.1) is 0 Å². The lowest BCUT2D eigenvalue weighted by Gasteiger charge is -2.34. The summed E-state index contributed by atoms with van der Waals surface area (Å²) in [6, 6.07) is 8.82. The van der Waals surface area contributed by atoms with Crippen LogP contribution in [0.3, 0.4) is 0 Å². The standard InChI is InChI=1S/C16H22F3N3O3S/c1-20(13-16(17,18)19)15(23)11-21-7-9-22(10-8-21)26(24,25)12-14-5-3-2-4-6-14/h2-6H,7-13H2,1H3. The summed E-state index contributed by atoms with van der Waals surface area (Å²) in [5, 5.41) is 0. The van der Waals surface area contributed by atoms with Gasteiger partial charge in [-0.05, 0) is 5.56 Å². The summed E-state index contributed by atoms with van der Waals surface area (Å²) in [6.07, 6.45) is -4.44. The van der Waals surface area contributed by atoms with E-state index in [1.165, 1.54) is 4.31 Å². The number of sulfonamides is 1. The number of halogens is 3. The molecule has 26 heavy (non-hydrogen) atoms. The number of carbonyl (C=O) groups excluding carboxylic acids is 1. The third kappa shape index (κ3) is 6.26. The van der Waals surface area contributed by atoms with Crippen LogP contribution in [0.5, 0.6) is 0 Å². The highest BCUT2D eigenvalue weighted by atomic mass is 32.2. The van der Waals surface area contributed by atoms with Crippen molar-refractivity contribution in [3.05, 3.63) is 35.9 Å². The zero-order valence-electron chi connectivity index (χ0n) is 14.4. The maximum absolute atomic E-state index is 12.5. The predicted octanol–water partition coefficient (Wildman–Crippen LogP) is 1.15. The first kappa shape index (κ1) is 20.7. The van der Waals surface area contributed by atoms with Crippen molar-refractivity contribution < 1.29 is 26.4 Å². The molecule has 1 aliphatic rings. The van der Waals surface area contributed by atoms with Gasteiger partial charge in [0.05, 0.1) is 12.3 Å². The molecular weight excluding hydrogens is 371 g/mol. The number of rotatable bonds is 6. The maximum Gasteiger partial charge on any atom is 0.406 e. The molecule has 0 atom stereocenters. The van der Waals surface area contributed by atoms with Gasteiger partial charge in [0.15, 0.2) is 0 Å². The lowest BCUT2D eigenvalue weighted by atomic mass is 10.2. The van der Waals surface area contributed by atoms with Crippen LogP contribution in [0.2, 0.25) is 0 Å². The van der Waals surface area contributed by atoms with Crippen LogP contribution >= 0.6 is 0 Å². The fourth-order valence-electron chi connectivity index (χ4n) is 2.71. The van der Waals surface area contributed by atoms with Crippen molar-refractivity contribution in [2.75, 3.05) is 46.3 Å². The molecule has 0 radical (unpaired) electrons. The van der Waals surface area contributed by atoms with Crippen molar-refractivity contribution in [2.45, 2.75) is 11.9 Å². The van der Waals surface area contributed by atoms with Gasteiger partial charge in [-0.3, -0.25) is 9.69 Å². The normalized spacial score (nSPS) is 17.2. The minimum atomic E-state index is -4.44. The molecule has 0 spiro atoms. The van der Waals surface area contributed by atoms with Crippen LogP contribution in [-0.2, 0) is 20.6 Å². The van der Waals surface area contributed by atoms with E-state index in [-0.39, 0.29) is 25.4 Å². The summed E-state index contributed by atoms with van der Waals surface area (Å²) < 4.78 is 63.3. The Bertz CT molecular complexity index is 702. The number of benzene rings is 1. The molecular formula is C16H22F3N3O3S. The molecule has 1 aliphatic heterocycles. The monoisotopic (exact) mass is 393 g/mol. The minimum Gasteiger partial charge on any atom is -0.336 e. The van der Waals surface area contributed by atoms with E-state index in [9.17, 15) is 26.4 Å². The molecule has 1 amide bonds. The van der Waals surface area contributed by atoms with Crippen LogP contribution in [0.25, 0.3) is 0 Å². The van der Waals surface area contributed by atoms with Gasteiger partial charge in [-0.25, -0.2) is 8.42 Å². The van der Waals surface area contributed by atoms with Crippen LogP contribution < -0.4 is 0 Å². The molecule has 0 unspecified atom stereocenters. The molecule has 146 valence electrons. The van der Waals surface area contributed by atoms with Gasteiger partial charge in [-0.1, -0.05) is 30.3 Å². The fourth-order valence-corrected chi connectivity index (χ4v) is 4.23. The van der Waals surface area contributed by atoms with E-state index in [1.807, 2.05) is 6.07 Å². The Morgan fingerprint density at radius 1 is 1.12 bits per heavy atom. The molecule has 0 aliphatic carbocycles. The number of carbonyl (C=O) groups is 1. The average Bonchev–Trinajstić information content (AvgIpc) is 2.54. The highest BCUT2D eigenvalue weighted by molar-refractivity contribution is 7.88. The number of hydrogen-bond acceptors (Lipinski definition) is 4. The molecule has 0 aromatic heterocycles. The first-order valence-corrected chi connectivity index (χ1v) is 9.72. The lowest BCUT2D eigenvalue weighted by Crippen LogP contribution is -2.51. The fraction of sp³-hybridized carbons (Fsp3) is 0.562. The number of nitrogens with zero attached hydrogens (tertiary/aromatic N) is 3. The van der Waals surface area contributed by atoms with Crippen molar-refractivity contribution in [1.29, 1.82) is 0 Å². The van der Waals surface area contributed by atoms with Gasteiger partial charge in [-0.15, -0.1) is 0 Å². The topological polar surface area (TPSA) is 60.9 Å². The van der Waals surface area contributed by atoms with Gasteiger partial charge in [0, 0.05) is 33.2 Å². The Labute approximate surface area is 151 Å². The molecule has 10 heteroatoms. The highest BCUT2D eigenvalue weighted by Crippen LogP contribution is 2.16. The second kappa shape index (κ2) is 8.36. The van der Waals surface area contributed by atoms with Crippen LogP contribution in [-0.4, -0.2) is 80.9 Å². The van der Waals surface area contributed by atoms with E-state index in [2.05, 4.69) is 0 Å². The lowest BCUT2D eigenvalue weighted by molar-refractivity contribution is -0.159. The Hall–Kier alpha value is -1.65. The van der Waals surface area contributed by atoms with E-state index >= 15 is 0 Å². The van der Waals surface area contributed by atoms with Crippen LogP contribution in [0.15, 0.2) is 30.3 Å². The van der Waals surface area contributed by atoms with E-state index in [4.69, 9.17) is 0 Å². The van der Waals surface area contributed by atoms with Gasteiger partial charge >= 0.3 is 6.18 Å². The van der Waals surface area contributed by atoms with Gasteiger partial charge < -0.3 is 4.90 Å². The zero-order valence-corrected chi connectivity index (χ0v) is 15.3. The summed E-state index contributed by atoms with van der Waals surface area (Å²) in [5.41, 5.74) is 0.693. The Morgan fingerprint density at radius 2 is 1.69 bits per heavy atom. The Kier molecular flexibility index (Phi) is 6.64. The quantitative estimate of drug-likeness (QED) is 0.728. The molecule has 2 rings (SSSR count). The zero-order chi connectivity index (χ0) is 19.4. The largest absolute Gasteiger partial charge is 0.406 e. The summed E-state index contributed by atoms with van der Waals surface area (Å²) in [5.74, 6) is -0.732. The van der Waals surface area contributed by atoms with Crippen LogP contribution in [0.4, 0.5) is 13.2 Å². The van der Waals surface area contributed by atoms with E-state index < -0.39 is 28.7 Å². The van der Waals surface area contributed by atoms with E-state index in [1.54, 1.807) is 29.2 Å². The summed E-state index contributed by atoms with van der Waals surface area (Å²) in [7, 11) is -2.36. The van der Waals surface area contributed by atoms with Crippen molar-refractivity contribution in [3.63, 3.8) is 0 Å². The van der Waals surface area contributed by atoms with Gasteiger partial charge in [-0.2, -0.15) is 17.5 Å². The minimum absolute atomic E-state index is 0.0961. The number of amides is 1. The number of likely N-dealkylation sites (N-methyl/N-ethyl adjacent to an activating group) is 1. The Morgan fingerprint density at radius 3 is 2.23 bits per heavy atom. The Balaban J connectivity index is 1.84. The van der Waals surface area contributed by atoms with Crippen molar-refractivity contribution in [3.8, 4) is 0 Å². The summed E-state index contributed by atoms with van der Waals surface area (Å²) in [6.45, 7) is -0.410.